The first kappa shape index (κ1) is 24.1. The maximum absolute atomic E-state index is 13.1. The quantitative estimate of drug-likeness (QED) is 0.495. The molecule has 1 N–H and O–H groups in total. The zero-order valence-corrected chi connectivity index (χ0v) is 19.3. The number of rotatable bonds is 4. The van der Waals surface area contributed by atoms with Crippen LogP contribution in [-0.2, 0) is 15.7 Å². The van der Waals surface area contributed by atoms with E-state index >= 15 is 0 Å². The number of carbonyl (C=O) groups is 2. The lowest BCUT2D eigenvalue weighted by atomic mass is 9.82. The van der Waals surface area contributed by atoms with E-state index in [9.17, 15) is 22.8 Å². The van der Waals surface area contributed by atoms with Crippen molar-refractivity contribution in [3.8, 4) is 0 Å². The number of amides is 2. The molecule has 1 heterocycles. The summed E-state index contributed by atoms with van der Waals surface area (Å²) in [4.78, 5) is 25.5. The molecule has 170 valence electrons. The van der Waals surface area contributed by atoms with Crippen molar-refractivity contribution in [3.05, 3.63) is 63.1 Å². The molecule has 32 heavy (non-hydrogen) atoms. The lowest BCUT2D eigenvalue weighted by molar-refractivity contribution is -0.150. The predicted molar refractivity (Wildman–Crippen MR) is 118 cm³/mol. The van der Waals surface area contributed by atoms with Crippen LogP contribution in [0.5, 0.6) is 0 Å². The van der Waals surface area contributed by atoms with Crippen LogP contribution in [0.4, 0.5) is 23.7 Å². The second-order valence-corrected chi connectivity index (χ2v) is 8.51. The molecule has 6 nitrogen and oxygen atoms in total. The molecule has 0 radical (unpaired) electrons. The highest BCUT2D eigenvalue weighted by Crippen LogP contribution is 2.38. The van der Waals surface area contributed by atoms with Gasteiger partial charge >= 0.3 is 18.2 Å². The number of benzene rings is 2. The summed E-state index contributed by atoms with van der Waals surface area (Å²) in [6.45, 7) is 3.06. The Morgan fingerprint density at radius 2 is 2.00 bits per heavy atom. The number of hydrazone groups is 1. The Morgan fingerprint density at radius 1 is 1.28 bits per heavy atom. The Labute approximate surface area is 195 Å². The van der Waals surface area contributed by atoms with Gasteiger partial charge in [-0.2, -0.15) is 18.3 Å². The lowest BCUT2D eigenvalue weighted by Crippen LogP contribution is -2.42. The van der Waals surface area contributed by atoms with Gasteiger partial charge in [-0.3, -0.25) is 4.79 Å². The Bertz CT molecular complexity index is 1090. The number of esters is 1. The first-order valence-corrected chi connectivity index (χ1v) is 10.6. The fourth-order valence-electron chi connectivity index (χ4n) is 3.23. The van der Waals surface area contributed by atoms with Gasteiger partial charge in [0.05, 0.1) is 29.4 Å². The van der Waals surface area contributed by atoms with Crippen molar-refractivity contribution in [2.24, 2.45) is 10.5 Å². The standard InChI is InChI=1S/C21H18BrClF3N3O3/c1-3-32-18(30)20(2)11-29(19(31)27-14-6-4-5-13(22)10-14)28-17(20)12-7-8-15(16(23)9-12)21(24,25)26/h4-10H,3,11H2,1-2H3,(H,27,31). The van der Waals surface area contributed by atoms with E-state index in [2.05, 4.69) is 26.3 Å². The largest absolute Gasteiger partial charge is 0.465 e. The van der Waals surface area contributed by atoms with Crippen molar-refractivity contribution < 1.29 is 27.5 Å². The molecule has 1 unspecified atom stereocenters. The third kappa shape index (κ3) is 4.91. The second kappa shape index (κ2) is 9.11. The fraction of sp³-hybridized carbons (Fsp3) is 0.286. The Morgan fingerprint density at radius 3 is 2.59 bits per heavy atom. The average molecular weight is 533 g/mol. The molecular formula is C21H18BrClF3N3O3. The van der Waals surface area contributed by atoms with Crippen molar-refractivity contribution in [2.45, 2.75) is 20.0 Å². The molecule has 2 aromatic rings. The number of hydrogen-bond acceptors (Lipinski definition) is 4. The van der Waals surface area contributed by atoms with Gasteiger partial charge in [0.25, 0.3) is 0 Å². The first-order valence-electron chi connectivity index (χ1n) is 9.43. The van der Waals surface area contributed by atoms with Crippen LogP contribution < -0.4 is 5.32 Å². The van der Waals surface area contributed by atoms with Crippen LogP contribution in [0.25, 0.3) is 0 Å². The molecular weight excluding hydrogens is 515 g/mol. The molecule has 2 aromatic carbocycles. The van der Waals surface area contributed by atoms with E-state index in [1.807, 2.05) is 0 Å². The Kier molecular flexibility index (Phi) is 6.85. The van der Waals surface area contributed by atoms with Crippen LogP contribution in [0.1, 0.15) is 25.0 Å². The molecule has 0 spiro atoms. The minimum absolute atomic E-state index is 0.0796. The topological polar surface area (TPSA) is 71.0 Å². The minimum atomic E-state index is -4.63. The van der Waals surface area contributed by atoms with E-state index < -0.39 is 34.2 Å². The normalized spacial score (nSPS) is 18.3. The molecule has 0 bridgehead atoms. The molecule has 0 aromatic heterocycles. The van der Waals surface area contributed by atoms with Crippen LogP contribution in [0.3, 0.4) is 0 Å². The van der Waals surface area contributed by atoms with Gasteiger partial charge in [-0.1, -0.05) is 39.7 Å². The van der Waals surface area contributed by atoms with E-state index in [-0.39, 0.29) is 24.4 Å². The van der Waals surface area contributed by atoms with Gasteiger partial charge in [0.1, 0.15) is 5.41 Å². The maximum atomic E-state index is 13.1. The van der Waals surface area contributed by atoms with E-state index in [0.717, 1.165) is 21.6 Å². The summed E-state index contributed by atoms with van der Waals surface area (Å²) in [6, 6.07) is 9.31. The molecule has 0 fully saturated rings. The van der Waals surface area contributed by atoms with Gasteiger partial charge in [-0.05, 0) is 44.2 Å². The summed E-state index contributed by atoms with van der Waals surface area (Å²) in [5.41, 5.74) is -1.67. The fourth-order valence-corrected chi connectivity index (χ4v) is 3.92. The van der Waals surface area contributed by atoms with E-state index in [0.29, 0.717) is 5.69 Å². The first-order chi connectivity index (χ1) is 15.0. The van der Waals surface area contributed by atoms with Crippen molar-refractivity contribution in [2.75, 3.05) is 18.5 Å². The summed E-state index contributed by atoms with van der Waals surface area (Å²) in [6.07, 6.45) is -4.63. The monoisotopic (exact) mass is 531 g/mol. The number of nitrogens with zero attached hydrogens (tertiary/aromatic N) is 2. The van der Waals surface area contributed by atoms with Crippen molar-refractivity contribution >= 4 is 50.9 Å². The summed E-state index contributed by atoms with van der Waals surface area (Å²) < 4.78 is 45.2. The van der Waals surface area contributed by atoms with Gasteiger partial charge in [0.15, 0.2) is 0 Å². The van der Waals surface area contributed by atoms with E-state index in [4.69, 9.17) is 16.3 Å². The lowest BCUT2D eigenvalue weighted by Gasteiger charge is -2.24. The molecule has 2 amide bonds. The summed E-state index contributed by atoms with van der Waals surface area (Å²) >= 11 is 9.17. The number of nitrogens with one attached hydrogen (secondary N) is 1. The number of carbonyl (C=O) groups excluding carboxylic acids is 2. The van der Waals surface area contributed by atoms with Gasteiger partial charge in [-0.15, -0.1) is 0 Å². The van der Waals surface area contributed by atoms with Crippen molar-refractivity contribution in [3.63, 3.8) is 0 Å². The average Bonchev–Trinajstić information content (AvgIpc) is 3.06. The predicted octanol–water partition coefficient (Wildman–Crippen LogP) is 5.94. The number of urea groups is 1. The number of anilines is 1. The van der Waals surface area contributed by atoms with Gasteiger partial charge in [0.2, 0.25) is 0 Å². The number of hydrogen-bond donors (Lipinski definition) is 1. The SMILES string of the molecule is CCOC(=O)C1(C)CN(C(=O)Nc2cccc(Br)c2)N=C1c1ccc(C(F)(F)F)c(Cl)c1. The smallest absolute Gasteiger partial charge is 0.417 e. The second-order valence-electron chi connectivity index (χ2n) is 7.19. The number of alkyl halides is 3. The summed E-state index contributed by atoms with van der Waals surface area (Å²) in [5, 5.41) is 7.42. The highest BCUT2D eigenvalue weighted by Gasteiger charge is 2.49. The molecule has 1 aliphatic rings. The highest BCUT2D eigenvalue weighted by atomic mass is 79.9. The zero-order chi connectivity index (χ0) is 23.7. The molecule has 0 saturated heterocycles. The van der Waals surface area contributed by atoms with E-state index in [1.54, 1.807) is 31.2 Å². The summed E-state index contributed by atoms with van der Waals surface area (Å²) in [7, 11) is 0. The molecule has 3 rings (SSSR count). The van der Waals surface area contributed by atoms with Crippen molar-refractivity contribution in [1.82, 2.24) is 5.01 Å². The van der Waals surface area contributed by atoms with Gasteiger partial charge < -0.3 is 10.1 Å². The van der Waals surface area contributed by atoms with Crippen LogP contribution in [0.15, 0.2) is 52.0 Å². The van der Waals surface area contributed by atoms with Crippen molar-refractivity contribution in [1.29, 1.82) is 0 Å². The van der Waals surface area contributed by atoms with Gasteiger partial charge in [-0.25, -0.2) is 9.80 Å². The minimum Gasteiger partial charge on any atom is -0.465 e. The molecule has 11 heteroatoms. The molecule has 1 atom stereocenters. The van der Waals surface area contributed by atoms with Crippen LogP contribution in [0.2, 0.25) is 5.02 Å². The Hall–Kier alpha value is -2.59. The third-order valence-corrected chi connectivity index (χ3v) is 5.60. The molecule has 0 saturated carbocycles. The Balaban J connectivity index is 1.98. The number of halogens is 5. The zero-order valence-electron chi connectivity index (χ0n) is 17.0. The summed E-state index contributed by atoms with van der Waals surface area (Å²) in [5.74, 6) is -0.660. The third-order valence-electron chi connectivity index (χ3n) is 4.79. The maximum Gasteiger partial charge on any atom is 0.417 e. The molecule has 1 aliphatic heterocycles. The van der Waals surface area contributed by atoms with Crippen LogP contribution in [0, 0.1) is 5.41 Å². The van der Waals surface area contributed by atoms with Gasteiger partial charge in [0, 0.05) is 15.7 Å². The van der Waals surface area contributed by atoms with E-state index in [1.165, 1.54) is 13.0 Å². The van der Waals surface area contributed by atoms with Crippen LogP contribution >= 0.6 is 27.5 Å². The molecule has 0 aliphatic carbocycles. The number of ether oxygens (including phenoxy) is 1. The highest BCUT2D eigenvalue weighted by molar-refractivity contribution is 9.10. The van der Waals surface area contributed by atoms with Crippen LogP contribution in [-0.4, -0.2) is 35.9 Å².